The van der Waals surface area contributed by atoms with Crippen molar-refractivity contribution in [3.8, 4) is 0 Å². The molecule has 0 aliphatic carbocycles. The number of carboxylic acid groups (broad SMARTS) is 2. The van der Waals surface area contributed by atoms with Crippen LogP contribution in [0.2, 0.25) is 0 Å². The highest BCUT2D eigenvalue weighted by Gasteiger charge is 2.00. The fraction of sp³-hybridized carbons (Fsp3) is 0.625. The lowest BCUT2D eigenvalue weighted by atomic mass is 10.4. The molecule has 0 unspecified atom stereocenters. The molecule has 0 bridgehead atoms. The average molecular weight is 406 g/mol. The number of amides is 2. The highest BCUT2D eigenvalue weighted by atomic mass is 16.5. The molecule has 28 heavy (non-hydrogen) atoms. The van der Waals surface area contributed by atoms with Crippen molar-refractivity contribution < 1.29 is 48.3 Å². The molecule has 0 atom stereocenters. The van der Waals surface area contributed by atoms with Crippen molar-refractivity contribution in [3.05, 3.63) is 12.2 Å². The van der Waals surface area contributed by atoms with Gasteiger partial charge in [0, 0.05) is 12.2 Å². The Balaban J connectivity index is 3.50. The van der Waals surface area contributed by atoms with Gasteiger partial charge in [0.05, 0.1) is 52.5 Å². The van der Waals surface area contributed by atoms with Crippen LogP contribution in [-0.2, 0) is 38.1 Å². The summed E-state index contributed by atoms with van der Waals surface area (Å²) in [6.45, 7) is 0.770. The molecule has 0 aromatic rings. The van der Waals surface area contributed by atoms with Crippen LogP contribution < -0.4 is 10.6 Å². The number of aliphatic carboxylic acids is 2. The molecule has 0 aromatic heterocycles. The van der Waals surface area contributed by atoms with Crippen LogP contribution in [0.1, 0.15) is 12.8 Å². The van der Waals surface area contributed by atoms with E-state index in [4.69, 9.17) is 29.2 Å². The van der Waals surface area contributed by atoms with Gasteiger partial charge in [-0.2, -0.15) is 0 Å². The molecule has 0 spiro atoms. The van der Waals surface area contributed by atoms with E-state index < -0.39 is 23.8 Å². The average Bonchev–Trinajstić information content (AvgIpc) is 2.63. The Hall–Kier alpha value is -2.54. The molecular weight excluding hydrogens is 380 g/mol. The molecule has 0 saturated carbocycles. The third kappa shape index (κ3) is 19.8. The molecule has 0 aliphatic rings. The summed E-state index contributed by atoms with van der Waals surface area (Å²) in [6.07, 6.45) is 1.87. The normalized spacial score (nSPS) is 10.7. The predicted molar refractivity (Wildman–Crippen MR) is 93.2 cm³/mol. The zero-order chi connectivity index (χ0) is 21.0. The number of carbonyl (C=O) groups is 4. The lowest BCUT2D eigenvalue weighted by Crippen LogP contribution is -2.27. The first-order valence-corrected chi connectivity index (χ1v) is 8.40. The smallest absolute Gasteiger partial charge is 0.305 e. The fourth-order valence-corrected chi connectivity index (χ4v) is 1.42. The van der Waals surface area contributed by atoms with Gasteiger partial charge in [0.25, 0.3) is 0 Å². The van der Waals surface area contributed by atoms with E-state index in [9.17, 15) is 19.2 Å². The lowest BCUT2D eigenvalue weighted by Gasteiger charge is -2.06. The molecule has 2 amide bonds. The van der Waals surface area contributed by atoms with Crippen molar-refractivity contribution in [2.75, 3.05) is 53.1 Å². The fourth-order valence-electron chi connectivity index (χ4n) is 1.42. The maximum absolute atomic E-state index is 11.4. The maximum atomic E-state index is 11.4. The van der Waals surface area contributed by atoms with Crippen LogP contribution >= 0.6 is 0 Å². The number of hydrogen-bond donors (Lipinski definition) is 4. The maximum Gasteiger partial charge on any atom is 0.305 e. The molecule has 0 aliphatic heterocycles. The second-order valence-electron chi connectivity index (χ2n) is 5.03. The summed E-state index contributed by atoms with van der Waals surface area (Å²) in [5, 5.41) is 21.6. The van der Waals surface area contributed by atoms with Crippen molar-refractivity contribution in [3.63, 3.8) is 0 Å². The summed E-state index contributed by atoms with van der Waals surface area (Å²) in [4.78, 5) is 43.4. The zero-order valence-corrected chi connectivity index (χ0v) is 15.4. The largest absolute Gasteiger partial charge is 0.481 e. The second-order valence-corrected chi connectivity index (χ2v) is 5.03. The van der Waals surface area contributed by atoms with Crippen molar-refractivity contribution in [2.45, 2.75) is 12.8 Å². The Morgan fingerprint density at radius 3 is 1.32 bits per heavy atom. The highest BCUT2D eigenvalue weighted by molar-refractivity contribution is 5.96. The predicted octanol–water partition coefficient (Wildman–Crippen LogP) is -1.29. The number of hydrogen-bond acceptors (Lipinski definition) is 8. The second kappa shape index (κ2) is 17.9. The minimum Gasteiger partial charge on any atom is -0.481 e. The lowest BCUT2D eigenvalue weighted by molar-refractivity contribution is -0.139. The summed E-state index contributed by atoms with van der Waals surface area (Å²) in [7, 11) is 0. The molecule has 0 rings (SSSR count). The molecule has 0 fully saturated rings. The molecule has 0 heterocycles. The van der Waals surface area contributed by atoms with Gasteiger partial charge in [-0.15, -0.1) is 0 Å². The number of ether oxygens (including phenoxy) is 4. The van der Waals surface area contributed by atoms with E-state index in [2.05, 4.69) is 10.6 Å². The number of carbonyl (C=O) groups excluding carboxylic acids is 2. The highest BCUT2D eigenvalue weighted by Crippen LogP contribution is 1.85. The number of carboxylic acids is 2. The molecule has 160 valence electrons. The van der Waals surface area contributed by atoms with E-state index in [0.29, 0.717) is 0 Å². The molecule has 0 saturated heterocycles. The first-order valence-electron chi connectivity index (χ1n) is 8.40. The van der Waals surface area contributed by atoms with E-state index in [0.717, 1.165) is 12.2 Å². The first kappa shape index (κ1) is 25.5. The third-order valence-corrected chi connectivity index (χ3v) is 2.75. The molecular formula is C16H26N2O10. The molecule has 4 N–H and O–H groups in total. The van der Waals surface area contributed by atoms with Crippen molar-refractivity contribution >= 4 is 23.8 Å². The Morgan fingerprint density at radius 1 is 0.607 bits per heavy atom. The van der Waals surface area contributed by atoms with Crippen LogP contribution in [0.4, 0.5) is 0 Å². The molecule has 0 aromatic carbocycles. The van der Waals surface area contributed by atoms with Crippen LogP contribution in [0.5, 0.6) is 0 Å². The van der Waals surface area contributed by atoms with Gasteiger partial charge in [0.2, 0.25) is 11.8 Å². The van der Waals surface area contributed by atoms with Crippen LogP contribution in [0.25, 0.3) is 0 Å². The quantitative estimate of drug-likeness (QED) is 0.122. The van der Waals surface area contributed by atoms with E-state index in [1.54, 1.807) is 0 Å². The number of rotatable bonds is 18. The van der Waals surface area contributed by atoms with Gasteiger partial charge >= 0.3 is 11.9 Å². The third-order valence-electron chi connectivity index (χ3n) is 2.75. The SMILES string of the molecule is O=C(O)CCOCCOCNC(=O)/C=C\C(=O)NCOCCOCCC(=O)O. The standard InChI is InChI=1S/C16H26N2O10/c19-13(17-11-27-9-7-25-5-3-15(21)22)1-2-14(20)18-12-28-10-8-26-6-4-16(23)24/h1-2H,3-12H2,(H,17,19)(H,18,20)(H,21,22)(H,23,24)/b2-1-. The summed E-state index contributed by atoms with van der Waals surface area (Å²) in [6, 6.07) is 0. The van der Waals surface area contributed by atoms with Gasteiger partial charge in [0.15, 0.2) is 0 Å². The van der Waals surface area contributed by atoms with E-state index in [1.165, 1.54) is 0 Å². The van der Waals surface area contributed by atoms with E-state index in [-0.39, 0.29) is 65.9 Å². The summed E-state index contributed by atoms with van der Waals surface area (Å²) in [5.41, 5.74) is 0. The van der Waals surface area contributed by atoms with Gasteiger partial charge in [0.1, 0.15) is 13.5 Å². The van der Waals surface area contributed by atoms with Crippen LogP contribution in [-0.4, -0.2) is 87.1 Å². The first-order chi connectivity index (χ1) is 13.4. The zero-order valence-electron chi connectivity index (χ0n) is 15.4. The topological polar surface area (TPSA) is 170 Å². The van der Waals surface area contributed by atoms with Crippen molar-refractivity contribution in [1.29, 1.82) is 0 Å². The van der Waals surface area contributed by atoms with Gasteiger partial charge < -0.3 is 39.8 Å². The van der Waals surface area contributed by atoms with Crippen molar-refractivity contribution in [1.82, 2.24) is 10.6 Å². The number of nitrogens with one attached hydrogen (secondary N) is 2. The summed E-state index contributed by atoms with van der Waals surface area (Å²) >= 11 is 0. The Labute approximate surface area is 161 Å². The summed E-state index contributed by atoms with van der Waals surface area (Å²) in [5.74, 6) is -2.96. The minimum atomic E-state index is -0.947. The Morgan fingerprint density at radius 2 is 0.964 bits per heavy atom. The monoisotopic (exact) mass is 406 g/mol. The van der Waals surface area contributed by atoms with Crippen LogP contribution in [0, 0.1) is 0 Å². The van der Waals surface area contributed by atoms with Gasteiger partial charge in [-0.05, 0) is 0 Å². The minimum absolute atomic E-state index is 0.0852. The molecule has 0 radical (unpaired) electrons. The van der Waals surface area contributed by atoms with Crippen LogP contribution in [0.15, 0.2) is 12.2 Å². The molecule has 12 heteroatoms. The van der Waals surface area contributed by atoms with Crippen molar-refractivity contribution in [2.24, 2.45) is 0 Å². The molecule has 12 nitrogen and oxygen atoms in total. The van der Waals surface area contributed by atoms with Crippen LogP contribution in [0.3, 0.4) is 0 Å². The van der Waals surface area contributed by atoms with Gasteiger partial charge in [-0.1, -0.05) is 0 Å². The van der Waals surface area contributed by atoms with Gasteiger partial charge in [-0.25, -0.2) is 0 Å². The van der Waals surface area contributed by atoms with E-state index in [1.807, 2.05) is 0 Å². The van der Waals surface area contributed by atoms with E-state index >= 15 is 0 Å². The van der Waals surface area contributed by atoms with Gasteiger partial charge in [-0.3, -0.25) is 19.2 Å². The Bertz CT molecular complexity index is 466. The Kier molecular flexibility index (Phi) is 16.2. The summed E-state index contributed by atoms with van der Waals surface area (Å²) < 4.78 is 20.1.